The van der Waals surface area contributed by atoms with Gasteiger partial charge in [-0.15, -0.1) is 0 Å². The number of hydrogen-bond donors (Lipinski definition) is 1. The van der Waals surface area contributed by atoms with Crippen LogP contribution in [0.3, 0.4) is 0 Å². The molecule has 0 aromatic heterocycles. The molecule has 1 saturated heterocycles. The Kier molecular flexibility index (Phi) is 9.28. The van der Waals surface area contributed by atoms with Crippen LogP contribution in [0.4, 0.5) is 10.5 Å². The topological polar surface area (TPSA) is 125 Å². The molecule has 0 radical (unpaired) electrons. The number of ether oxygens (including phenoxy) is 2. The number of imide groups is 1. The Bertz CT molecular complexity index is 1500. The standard InChI is InChI=1S/C29H25BrN2O7S/c1-3-38-23-13-19(12-22(30)26(23)39-16-18-5-4-6-20(11-18)28(35)36)14-24-27(34)32(29(37)40-24)15-25(33)31-21-9-7-17(2)8-10-21/h4-14H,3,15-16H2,1-2H3,(H,31,33)(H,35,36)/p-1/b24-14-. The summed E-state index contributed by atoms with van der Waals surface area (Å²) in [4.78, 5) is 50.2. The molecular weight excluding hydrogens is 600 g/mol. The maximum Gasteiger partial charge on any atom is 0.294 e. The molecule has 206 valence electrons. The maximum atomic E-state index is 13.0. The number of hydrogen-bond acceptors (Lipinski definition) is 8. The number of carbonyl (C=O) groups excluding carboxylic acids is 4. The summed E-state index contributed by atoms with van der Waals surface area (Å²) < 4.78 is 12.2. The highest BCUT2D eigenvalue weighted by Crippen LogP contribution is 2.39. The van der Waals surface area contributed by atoms with Crippen LogP contribution in [0.2, 0.25) is 0 Å². The highest BCUT2D eigenvalue weighted by atomic mass is 79.9. The lowest BCUT2D eigenvalue weighted by atomic mass is 10.1. The van der Waals surface area contributed by atoms with E-state index in [4.69, 9.17) is 9.47 Å². The van der Waals surface area contributed by atoms with Gasteiger partial charge in [0.25, 0.3) is 11.1 Å². The summed E-state index contributed by atoms with van der Waals surface area (Å²) in [5, 5.41) is 13.3. The number of carboxylic acids is 1. The van der Waals surface area contributed by atoms with Crippen LogP contribution in [0.5, 0.6) is 11.5 Å². The summed E-state index contributed by atoms with van der Waals surface area (Å²) in [6.07, 6.45) is 1.54. The number of benzene rings is 3. The molecule has 0 unspecified atom stereocenters. The van der Waals surface area contributed by atoms with Crippen molar-refractivity contribution in [3.63, 3.8) is 0 Å². The first-order chi connectivity index (χ1) is 19.1. The zero-order valence-electron chi connectivity index (χ0n) is 21.6. The van der Waals surface area contributed by atoms with E-state index in [0.29, 0.717) is 39.4 Å². The molecule has 0 aliphatic carbocycles. The van der Waals surface area contributed by atoms with Gasteiger partial charge in [0.1, 0.15) is 13.2 Å². The molecule has 11 heteroatoms. The van der Waals surface area contributed by atoms with E-state index in [1.165, 1.54) is 12.1 Å². The Labute approximate surface area is 243 Å². The van der Waals surface area contributed by atoms with E-state index in [1.54, 1.807) is 49.4 Å². The Balaban J connectivity index is 1.49. The summed E-state index contributed by atoms with van der Waals surface area (Å²) in [7, 11) is 0. The third-order valence-electron chi connectivity index (χ3n) is 5.69. The summed E-state index contributed by atoms with van der Waals surface area (Å²) in [6.45, 7) is 3.73. The lowest BCUT2D eigenvalue weighted by Crippen LogP contribution is -2.36. The fourth-order valence-electron chi connectivity index (χ4n) is 3.79. The molecule has 0 atom stereocenters. The highest BCUT2D eigenvalue weighted by Gasteiger charge is 2.36. The first-order valence-corrected chi connectivity index (χ1v) is 13.8. The number of nitrogens with zero attached hydrogens (tertiary/aromatic N) is 1. The fourth-order valence-corrected chi connectivity index (χ4v) is 5.20. The van der Waals surface area contributed by atoms with E-state index in [0.717, 1.165) is 22.2 Å². The number of nitrogens with one attached hydrogen (secondary N) is 1. The normalized spacial score (nSPS) is 14.0. The zero-order chi connectivity index (χ0) is 28.8. The van der Waals surface area contributed by atoms with Crippen LogP contribution in [0, 0.1) is 6.92 Å². The number of aromatic carboxylic acids is 1. The Morgan fingerprint density at radius 1 is 1.07 bits per heavy atom. The number of thioether (sulfide) groups is 1. The Morgan fingerprint density at radius 3 is 2.52 bits per heavy atom. The second-order valence-corrected chi connectivity index (χ2v) is 10.6. The molecule has 0 spiro atoms. The predicted octanol–water partition coefficient (Wildman–Crippen LogP) is 4.77. The molecule has 1 aliphatic heterocycles. The van der Waals surface area contributed by atoms with Gasteiger partial charge >= 0.3 is 0 Å². The molecule has 4 rings (SSSR count). The maximum absolute atomic E-state index is 13.0. The average molecular weight is 624 g/mol. The fraction of sp³-hybridized carbons (Fsp3) is 0.172. The van der Waals surface area contributed by atoms with Gasteiger partial charge in [0.05, 0.1) is 22.0 Å². The second kappa shape index (κ2) is 12.8. The van der Waals surface area contributed by atoms with E-state index in [1.807, 2.05) is 19.1 Å². The Hall–Kier alpha value is -4.09. The quantitative estimate of drug-likeness (QED) is 0.320. The number of anilines is 1. The van der Waals surface area contributed by atoms with E-state index < -0.39 is 29.6 Å². The minimum atomic E-state index is -1.28. The summed E-state index contributed by atoms with van der Waals surface area (Å²) in [6, 6.07) is 16.8. The first-order valence-electron chi connectivity index (χ1n) is 12.2. The van der Waals surface area contributed by atoms with Crippen molar-refractivity contribution in [3.8, 4) is 11.5 Å². The molecule has 3 amide bonds. The van der Waals surface area contributed by atoms with E-state index in [-0.39, 0.29) is 17.1 Å². The van der Waals surface area contributed by atoms with Crippen molar-refractivity contribution in [2.75, 3.05) is 18.5 Å². The van der Waals surface area contributed by atoms with Crippen LogP contribution in [0.1, 0.15) is 34.0 Å². The van der Waals surface area contributed by atoms with Crippen molar-refractivity contribution in [3.05, 3.63) is 92.3 Å². The van der Waals surface area contributed by atoms with Crippen LogP contribution in [0.15, 0.2) is 70.0 Å². The minimum absolute atomic E-state index is 0.0436. The van der Waals surface area contributed by atoms with E-state index in [2.05, 4.69) is 21.2 Å². The largest absolute Gasteiger partial charge is 0.545 e. The smallest absolute Gasteiger partial charge is 0.294 e. The molecule has 1 N–H and O–H groups in total. The average Bonchev–Trinajstić information content (AvgIpc) is 3.17. The SMILES string of the molecule is CCOc1cc(/C=C2\SC(=O)N(CC(=O)Nc3ccc(C)cc3)C2=O)cc(Br)c1OCc1cccc(C(=O)[O-])c1. The summed E-state index contributed by atoms with van der Waals surface area (Å²) in [5.41, 5.74) is 2.84. The van der Waals surface area contributed by atoms with Gasteiger partial charge in [0.2, 0.25) is 5.91 Å². The van der Waals surface area contributed by atoms with Crippen molar-refractivity contribution in [2.24, 2.45) is 0 Å². The molecular formula is C29H24BrN2O7S-. The number of carbonyl (C=O) groups is 4. The van der Waals surface area contributed by atoms with Gasteiger partial charge in [-0.25, -0.2) is 0 Å². The van der Waals surface area contributed by atoms with Crippen LogP contribution < -0.4 is 19.9 Å². The van der Waals surface area contributed by atoms with Crippen LogP contribution in [-0.2, 0) is 16.2 Å². The van der Waals surface area contributed by atoms with E-state index in [9.17, 15) is 24.3 Å². The summed E-state index contributed by atoms with van der Waals surface area (Å²) in [5.74, 6) is -1.56. The third kappa shape index (κ3) is 7.10. The van der Waals surface area contributed by atoms with Gasteiger partial charge in [-0.3, -0.25) is 19.3 Å². The number of rotatable bonds is 10. The monoisotopic (exact) mass is 623 g/mol. The Morgan fingerprint density at radius 2 is 1.82 bits per heavy atom. The number of amides is 3. The molecule has 3 aromatic carbocycles. The molecule has 0 bridgehead atoms. The van der Waals surface area contributed by atoms with Crippen molar-refractivity contribution < 1.29 is 33.8 Å². The zero-order valence-corrected chi connectivity index (χ0v) is 24.0. The predicted molar refractivity (Wildman–Crippen MR) is 153 cm³/mol. The third-order valence-corrected chi connectivity index (χ3v) is 7.18. The van der Waals surface area contributed by atoms with Gasteiger partial charge in [0, 0.05) is 5.69 Å². The molecule has 9 nitrogen and oxygen atoms in total. The number of halogens is 1. The van der Waals surface area contributed by atoms with Gasteiger partial charge in [-0.2, -0.15) is 0 Å². The number of carboxylic acid groups (broad SMARTS) is 1. The van der Waals surface area contributed by atoms with Crippen LogP contribution >= 0.6 is 27.7 Å². The first kappa shape index (κ1) is 28.9. The number of aryl methyl sites for hydroxylation is 1. The van der Waals surface area contributed by atoms with Crippen molar-refractivity contribution in [1.82, 2.24) is 4.90 Å². The second-order valence-electron chi connectivity index (χ2n) is 8.72. The molecule has 1 aliphatic rings. The molecule has 3 aromatic rings. The van der Waals surface area contributed by atoms with Gasteiger partial charge in [-0.1, -0.05) is 35.9 Å². The minimum Gasteiger partial charge on any atom is -0.545 e. The van der Waals surface area contributed by atoms with E-state index >= 15 is 0 Å². The van der Waals surface area contributed by atoms with Crippen molar-refractivity contribution in [2.45, 2.75) is 20.5 Å². The molecule has 1 fully saturated rings. The molecule has 0 saturated carbocycles. The van der Waals surface area contributed by atoms with Crippen LogP contribution in [0.25, 0.3) is 6.08 Å². The molecule has 40 heavy (non-hydrogen) atoms. The van der Waals surface area contributed by atoms with Crippen molar-refractivity contribution >= 4 is 62.5 Å². The van der Waals surface area contributed by atoms with Gasteiger partial charge in [0.15, 0.2) is 11.5 Å². The lowest BCUT2D eigenvalue weighted by molar-refractivity contribution is -0.255. The van der Waals surface area contributed by atoms with Crippen LogP contribution in [-0.4, -0.2) is 41.1 Å². The summed E-state index contributed by atoms with van der Waals surface area (Å²) >= 11 is 4.22. The molecule has 1 heterocycles. The van der Waals surface area contributed by atoms with Crippen molar-refractivity contribution in [1.29, 1.82) is 0 Å². The lowest BCUT2D eigenvalue weighted by Gasteiger charge is -2.15. The highest BCUT2D eigenvalue weighted by molar-refractivity contribution is 9.10. The van der Waals surface area contributed by atoms with Gasteiger partial charge in [-0.05, 0) is 94.6 Å². The van der Waals surface area contributed by atoms with Gasteiger partial charge < -0.3 is 24.7 Å².